The fourth-order valence-corrected chi connectivity index (χ4v) is 1.84. The lowest BCUT2D eigenvalue weighted by atomic mass is 10.0. The van der Waals surface area contributed by atoms with Gasteiger partial charge >= 0.3 is 0 Å². The second kappa shape index (κ2) is 6.43. The molecule has 1 aliphatic rings. The molecule has 0 spiro atoms. The zero-order valence-electron chi connectivity index (χ0n) is 10.1. The fraction of sp³-hybridized carbons (Fsp3) is 1.00. The topological polar surface area (TPSA) is 42.5 Å². The van der Waals surface area contributed by atoms with E-state index in [1.54, 1.807) is 0 Å². The molecule has 1 unspecified atom stereocenters. The fourth-order valence-electron chi connectivity index (χ4n) is 1.84. The van der Waals surface area contributed by atoms with Gasteiger partial charge < -0.3 is 20.1 Å². The van der Waals surface area contributed by atoms with Crippen LogP contribution >= 0.6 is 0 Å². The maximum atomic E-state index is 5.48. The van der Waals surface area contributed by atoms with Crippen molar-refractivity contribution in [3.8, 4) is 0 Å². The molecule has 0 aliphatic carbocycles. The van der Waals surface area contributed by atoms with Gasteiger partial charge in [0.15, 0.2) is 6.29 Å². The molecule has 2 N–H and O–H groups in total. The molecule has 0 radical (unpaired) electrons. The summed E-state index contributed by atoms with van der Waals surface area (Å²) in [7, 11) is 0. The minimum atomic E-state index is -0.113. The Balaban J connectivity index is 2.25. The normalized spacial score (nSPS) is 26.4. The van der Waals surface area contributed by atoms with Crippen LogP contribution in [0.1, 0.15) is 27.2 Å². The monoisotopic (exact) mass is 216 g/mol. The number of nitrogens with one attached hydrogen (secondary N) is 2. The summed E-state index contributed by atoms with van der Waals surface area (Å²) in [6.07, 6.45) is 1.05. The molecule has 0 saturated carbocycles. The van der Waals surface area contributed by atoms with Crippen molar-refractivity contribution in [3.63, 3.8) is 0 Å². The van der Waals surface area contributed by atoms with Crippen LogP contribution in [0.25, 0.3) is 0 Å². The van der Waals surface area contributed by atoms with Crippen molar-refractivity contribution in [3.05, 3.63) is 0 Å². The van der Waals surface area contributed by atoms with Gasteiger partial charge in [-0.3, -0.25) is 0 Å². The maximum absolute atomic E-state index is 5.48. The summed E-state index contributed by atoms with van der Waals surface area (Å²) in [5, 5.41) is 6.87. The SMILES string of the molecule is CCOC(CNC1(C)CCNC1)OCC. The van der Waals surface area contributed by atoms with Crippen LogP contribution in [-0.4, -0.2) is 44.7 Å². The molecule has 1 rings (SSSR count). The van der Waals surface area contributed by atoms with Crippen LogP contribution in [-0.2, 0) is 9.47 Å². The van der Waals surface area contributed by atoms with Gasteiger partial charge in [-0.25, -0.2) is 0 Å². The van der Waals surface area contributed by atoms with Crippen molar-refractivity contribution in [1.29, 1.82) is 0 Å². The largest absolute Gasteiger partial charge is 0.352 e. The Labute approximate surface area is 92.7 Å². The first-order valence-electron chi connectivity index (χ1n) is 5.89. The Morgan fingerprint density at radius 1 is 1.33 bits per heavy atom. The molecule has 1 fully saturated rings. The van der Waals surface area contributed by atoms with Crippen LogP contribution < -0.4 is 10.6 Å². The minimum Gasteiger partial charge on any atom is -0.352 e. The zero-order chi connectivity index (χ0) is 11.1. The number of rotatable bonds is 7. The molecule has 0 aromatic heterocycles. The summed E-state index contributed by atoms with van der Waals surface area (Å²) in [6.45, 7) is 10.5. The van der Waals surface area contributed by atoms with E-state index in [-0.39, 0.29) is 11.8 Å². The van der Waals surface area contributed by atoms with Crippen molar-refractivity contribution < 1.29 is 9.47 Å². The summed E-state index contributed by atoms with van der Waals surface area (Å²) in [5.74, 6) is 0. The van der Waals surface area contributed by atoms with Crippen LogP contribution in [0.5, 0.6) is 0 Å². The first kappa shape index (κ1) is 12.9. The highest BCUT2D eigenvalue weighted by Crippen LogP contribution is 2.13. The first-order chi connectivity index (χ1) is 7.20. The first-order valence-corrected chi connectivity index (χ1v) is 5.89. The second-order valence-corrected chi connectivity index (χ2v) is 4.21. The summed E-state index contributed by atoms with van der Waals surface area (Å²) in [4.78, 5) is 0. The van der Waals surface area contributed by atoms with Gasteiger partial charge in [-0.05, 0) is 33.7 Å². The Hall–Kier alpha value is -0.160. The molecular formula is C11H24N2O2. The Kier molecular flexibility index (Phi) is 5.53. The molecule has 90 valence electrons. The highest BCUT2D eigenvalue weighted by atomic mass is 16.7. The van der Waals surface area contributed by atoms with E-state index < -0.39 is 0 Å². The predicted molar refractivity (Wildman–Crippen MR) is 60.9 cm³/mol. The summed E-state index contributed by atoms with van der Waals surface area (Å²) >= 11 is 0. The smallest absolute Gasteiger partial charge is 0.169 e. The highest BCUT2D eigenvalue weighted by molar-refractivity contribution is 4.91. The Morgan fingerprint density at radius 3 is 2.47 bits per heavy atom. The lowest BCUT2D eigenvalue weighted by molar-refractivity contribution is -0.135. The van der Waals surface area contributed by atoms with Crippen molar-refractivity contribution in [2.75, 3.05) is 32.8 Å². The third-order valence-corrected chi connectivity index (χ3v) is 2.77. The van der Waals surface area contributed by atoms with Gasteiger partial charge in [-0.2, -0.15) is 0 Å². The number of ether oxygens (including phenoxy) is 2. The van der Waals surface area contributed by atoms with Crippen LogP contribution in [0.15, 0.2) is 0 Å². The molecule has 1 saturated heterocycles. The third-order valence-electron chi connectivity index (χ3n) is 2.77. The Bertz CT molecular complexity index is 164. The van der Waals surface area contributed by atoms with E-state index in [2.05, 4.69) is 17.6 Å². The second-order valence-electron chi connectivity index (χ2n) is 4.21. The summed E-state index contributed by atoms with van der Waals surface area (Å²) < 4.78 is 11.0. The summed E-state index contributed by atoms with van der Waals surface area (Å²) in [6, 6.07) is 0. The van der Waals surface area contributed by atoms with E-state index in [1.807, 2.05) is 13.8 Å². The van der Waals surface area contributed by atoms with Gasteiger partial charge in [0.25, 0.3) is 0 Å². The molecule has 1 aliphatic heterocycles. The molecule has 0 bridgehead atoms. The van der Waals surface area contributed by atoms with E-state index in [9.17, 15) is 0 Å². The van der Waals surface area contributed by atoms with E-state index in [1.165, 1.54) is 0 Å². The van der Waals surface area contributed by atoms with E-state index >= 15 is 0 Å². The van der Waals surface area contributed by atoms with Crippen molar-refractivity contribution >= 4 is 0 Å². The van der Waals surface area contributed by atoms with Crippen LogP contribution in [0.4, 0.5) is 0 Å². The molecular weight excluding hydrogens is 192 g/mol. The van der Waals surface area contributed by atoms with Gasteiger partial charge in [-0.1, -0.05) is 0 Å². The quantitative estimate of drug-likeness (QED) is 0.616. The van der Waals surface area contributed by atoms with Gasteiger partial charge in [0.05, 0.1) is 0 Å². The zero-order valence-corrected chi connectivity index (χ0v) is 10.1. The molecule has 1 heterocycles. The minimum absolute atomic E-state index is 0.113. The molecule has 4 heteroatoms. The average molecular weight is 216 g/mol. The molecule has 0 amide bonds. The van der Waals surface area contributed by atoms with Crippen LogP contribution in [0, 0.1) is 0 Å². The van der Waals surface area contributed by atoms with Gasteiger partial charge in [0, 0.05) is 31.8 Å². The van der Waals surface area contributed by atoms with Gasteiger partial charge in [-0.15, -0.1) is 0 Å². The standard InChI is InChI=1S/C11H24N2O2/c1-4-14-10(15-5-2)8-13-11(3)6-7-12-9-11/h10,12-13H,4-9H2,1-3H3. The number of hydrogen-bond donors (Lipinski definition) is 2. The third kappa shape index (κ3) is 4.47. The van der Waals surface area contributed by atoms with Gasteiger partial charge in [0.2, 0.25) is 0 Å². The molecule has 1 atom stereocenters. The Morgan fingerprint density at radius 2 is 2.00 bits per heavy atom. The van der Waals surface area contributed by atoms with E-state index in [0.717, 1.165) is 26.1 Å². The molecule has 0 aromatic carbocycles. The van der Waals surface area contributed by atoms with Crippen LogP contribution in [0.3, 0.4) is 0 Å². The molecule has 4 nitrogen and oxygen atoms in total. The van der Waals surface area contributed by atoms with Crippen molar-refractivity contribution in [2.24, 2.45) is 0 Å². The average Bonchev–Trinajstić information content (AvgIpc) is 2.63. The van der Waals surface area contributed by atoms with Crippen molar-refractivity contribution in [2.45, 2.75) is 39.0 Å². The lowest BCUT2D eigenvalue weighted by Gasteiger charge is -2.27. The molecule has 15 heavy (non-hydrogen) atoms. The predicted octanol–water partition coefficient (Wildman–Crippen LogP) is 0.727. The van der Waals surface area contributed by atoms with E-state index in [0.29, 0.717) is 13.2 Å². The highest BCUT2D eigenvalue weighted by Gasteiger charge is 2.28. The molecule has 0 aromatic rings. The van der Waals surface area contributed by atoms with Crippen LogP contribution in [0.2, 0.25) is 0 Å². The maximum Gasteiger partial charge on any atom is 0.169 e. The lowest BCUT2D eigenvalue weighted by Crippen LogP contribution is -2.48. The number of hydrogen-bond acceptors (Lipinski definition) is 4. The van der Waals surface area contributed by atoms with Gasteiger partial charge in [0.1, 0.15) is 0 Å². The van der Waals surface area contributed by atoms with E-state index in [4.69, 9.17) is 9.47 Å². The van der Waals surface area contributed by atoms with Crippen molar-refractivity contribution in [1.82, 2.24) is 10.6 Å². The summed E-state index contributed by atoms with van der Waals surface area (Å²) in [5.41, 5.74) is 0.201.